The Morgan fingerprint density at radius 2 is 1.94 bits per heavy atom. The van der Waals surface area contributed by atoms with Crippen LogP contribution in [0.3, 0.4) is 0 Å². The van der Waals surface area contributed by atoms with Crippen molar-refractivity contribution in [2.45, 2.75) is 25.5 Å². The van der Waals surface area contributed by atoms with Crippen LogP contribution in [0.2, 0.25) is 0 Å². The molecule has 16 heavy (non-hydrogen) atoms. The molecule has 2 N–H and O–H groups in total. The van der Waals surface area contributed by atoms with Crippen LogP contribution in [0, 0.1) is 11.3 Å². The summed E-state index contributed by atoms with van der Waals surface area (Å²) in [6.45, 7) is -2.82. The Labute approximate surface area is 92.4 Å². The second-order valence-corrected chi connectivity index (χ2v) is 3.25. The number of alkyl halides is 2. The third kappa shape index (κ3) is 3.83. The van der Waals surface area contributed by atoms with E-state index in [1.807, 2.05) is 6.07 Å². The maximum absolute atomic E-state index is 11.9. The Bertz CT molecular complexity index is 359. The van der Waals surface area contributed by atoms with E-state index in [0.717, 1.165) is 5.56 Å². The molecular weight excluding hydrogens is 214 g/mol. The highest BCUT2D eigenvalue weighted by molar-refractivity contribution is 5.29. The molecule has 1 rings (SSSR count). The lowest BCUT2D eigenvalue weighted by molar-refractivity contribution is -0.0498. The number of nitriles is 1. The number of rotatable bonds is 5. The molecule has 3 nitrogen and oxygen atoms in total. The minimum absolute atomic E-state index is 0.103. The highest BCUT2D eigenvalue weighted by Crippen LogP contribution is 2.20. The van der Waals surface area contributed by atoms with Gasteiger partial charge in [-0.15, -0.1) is 0 Å². The van der Waals surface area contributed by atoms with E-state index in [4.69, 9.17) is 11.0 Å². The summed E-state index contributed by atoms with van der Waals surface area (Å²) in [6.07, 6.45) is 0.919. The molecule has 0 aliphatic heterocycles. The van der Waals surface area contributed by atoms with Crippen molar-refractivity contribution in [1.29, 1.82) is 5.26 Å². The molecule has 0 aliphatic rings. The van der Waals surface area contributed by atoms with E-state index in [-0.39, 0.29) is 11.8 Å². The zero-order valence-corrected chi connectivity index (χ0v) is 8.57. The fourth-order valence-electron chi connectivity index (χ4n) is 1.28. The topological polar surface area (TPSA) is 59.0 Å². The second kappa shape index (κ2) is 6.03. The lowest BCUT2D eigenvalue weighted by atomic mass is 10.0. The Hall–Kier alpha value is -1.67. The van der Waals surface area contributed by atoms with E-state index in [9.17, 15) is 8.78 Å². The molecule has 5 heteroatoms. The molecule has 0 spiro atoms. The van der Waals surface area contributed by atoms with E-state index in [1.165, 1.54) is 12.1 Å². The standard InChI is InChI=1S/C11H12F2N2O/c12-11(13)16-9-5-3-8(4-6-9)10(15)2-1-7-14/h3-6,10-11H,1-2,15H2/t10-/m1/s1. The quantitative estimate of drug-likeness (QED) is 0.839. The number of nitrogens with zero attached hydrogens (tertiary/aromatic N) is 1. The second-order valence-electron chi connectivity index (χ2n) is 3.25. The average Bonchev–Trinajstić information content (AvgIpc) is 2.26. The number of hydrogen-bond donors (Lipinski definition) is 1. The Kier molecular flexibility index (Phi) is 4.67. The molecule has 0 unspecified atom stereocenters. The van der Waals surface area contributed by atoms with Gasteiger partial charge in [0, 0.05) is 12.5 Å². The van der Waals surface area contributed by atoms with Crippen molar-refractivity contribution in [2.24, 2.45) is 5.73 Å². The van der Waals surface area contributed by atoms with Crippen LogP contribution in [-0.2, 0) is 0 Å². The molecule has 1 aromatic carbocycles. The van der Waals surface area contributed by atoms with Crippen LogP contribution in [0.1, 0.15) is 24.4 Å². The summed E-state index contributed by atoms with van der Waals surface area (Å²) < 4.78 is 27.9. The fraction of sp³-hybridized carbons (Fsp3) is 0.364. The molecule has 0 aliphatic carbocycles. The van der Waals surface area contributed by atoms with Crippen LogP contribution >= 0.6 is 0 Å². The summed E-state index contributed by atoms with van der Waals surface area (Å²) in [4.78, 5) is 0. The first-order valence-electron chi connectivity index (χ1n) is 4.81. The van der Waals surface area contributed by atoms with E-state index >= 15 is 0 Å². The van der Waals surface area contributed by atoms with Crippen LogP contribution < -0.4 is 10.5 Å². The van der Waals surface area contributed by atoms with Crippen LogP contribution in [0.25, 0.3) is 0 Å². The van der Waals surface area contributed by atoms with Gasteiger partial charge in [-0.3, -0.25) is 0 Å². The molecule has 86 valence electrons. The van der Waals surface area contributed by atoms with Crippen LogP contribution in [0.15, 0.2) is 24.3 Å². The maximum Gasteiger partial charge on any atom is 0.387 e. The van der Waals surface area contributed by atoms with Crippen LogP contribution in [-0.4, -0.2) is 6.61 Å². The zero-order valence-electron chi connectivity index (χ0n) is 8.57. The molecule has 0 saturated heterocycles. The monoisotopic (exact) mass is 226 g/mol. The van der Waals surface area contributed by atoms with Crippen molar-refractivity contribution >= 4 is 0 Å². The zero-order chi connectivity index (χ0) is 12.0. The number of nitrogens with two attached hydrogens (primary N) is 1. The smallest absolute Gasteiger partial charge is 0.387 e. The van der Waals surface area contributed by atoms with Crippen LogP contribution in [0.4, 0.5) is 8.78 Å². The van der Waals surface area contributed by atoms with Gasteiger partial charge in [-0.2, -0.15) is 14.0 Å². The number of hydrogen-bond acceptors (Lipinski definition) is 3. The largest absolute Gasteiger partial charge is 0.435 e. The first-order chi connectivity index (χ1) is 7.63. The lowest BCUT2D eigenvalue weighted by Gasteiger charge is -2.11. The van der Waals surface area contributed by atoms with Crippen molar-refractivity contribution in [2.75, 3.05) is 0 Å². The van der Waals surface area contributed by atoms with Gasteiger partial charge in [0.05, 0.1) is 6.07 Å². The van der Waals surface area contributed by atoms with Crippen molar-refractivity contribution in [3.8, 4) is 11.8 Å². The highest BCUT2D eigenvalue weighted by atomic mass is 19.3. The SMILES string of the molecule is N#CCC[C@@H](N)c1ccc(OC(F)F)cc1. The predicted molar refractivity (Wildman–Crippen MR) is 54.8 cm³/mol. The first kappa shape index (κ1) is 12.4. The van der Waals surface area contributed by atoms with E-state index < -0.39 is 6.61 Å². The Balaban J connectivity index is 2.60. The van der Waals surface area contributed by atoms with Crippen molar-refractivity contribution in [3.05, 3.63) is 29.8 Å². The van der Waals surface area contributed by atoms with Gasteiger partial charge >= 0.3 is 6.61 Å². The van der Waals surface area contributed by atoms with E-state index in [0.29, 0.717) is 12.8 Å². The summed E-state index contributed by atoms with van der Waals surface area (Å²) >= 11 is 0. The molecule has 0 amide bonds. The molecule has 0 fully saturated rings. The predicted octanol–water partition coefficient (Wildman–Crippen LogP) is 2.59. The van der Waals surface area contributed by atoms with Crippen molar-refractivity contribution in [3.63, 3.8) is 0 Å². The Morgan fingerprint density at radius 1 is 1.31 bits per heavy atom. The van der Waals surface area contributed by atoms with Crippen molar-refractivity contribution in [1.82, 2.24) is 0 Å². The number of benzene rings is 1. The first-order valence-corrected chi connectivity index (χ1v) is 4.81. The van der Waals surface area contributed by atoms with Crippen molar-refractivity contribution < 1.29 is 13.5 Å². The lowest BCUT2D eigenvalue weighted by Crippen LogP contribution is -2.10. The molecule has 1 aromatic rings. The summed E-state index contributed by atoms with van der Waals surface area (Å²) in [5, 5.41) is 8.40. The van der Waals surface area contributed by atoms with Gasteiger partial charge in [-0.25, -0.2) is 0 Å². The van der Waals surface area contributed by atoms with Gasteiger partial charge in [0.25, 0.3) is 0 Å². The Morgan fingerprint density at radius 3 is 2.44 bits per heavy atom. The summed E-state index contributed by atoms with van der Waals surface area (Å²) in [6, 6.07) is 7.88. The average molecular weight is 226 g/mol. The van der Waals surface area contributed by atoms with Crippen LogP contribution in [0.5, 0.6) is 5.75 Å². The maximum atomic E-state index is 11.9. The summed E-state index contributed by atoms with van der Waals surface area (Å²) in [5.74, 6) is 0.103. The molecule has 0 aromatic heterocycles. The molecule has 0 saturated carbocycles. The molecule has 0 radical (unpaired) electrons. The summed E-state index contributed by atoms with van der Waals surface area (Å²) in [5.41, 5.74) is 6.59. The molecule has 1 atom stereocenters. The van der Waals surface area contributed by atoms with Gasteiger partial charge in [-0.05, 0) is 24.1 Å². The number of halogens is 2. The molecule has 0 bridgehead atoms. The molecule has 0 heterocycles. The molecular formula is C11H12F2N2O. The van der Waals surface area contributed by atoms with Gasteiger partial charge in [0.15, 0.2) is 0 Å². The van der Waals surface area contributed by atoms with E-state index in [1.54, 1.807) is 12.1 Å². The van der Waals surface area contributed by atoms with Gasteiger partial charge in [-0.1, -0.05) is 12.1 Å². The minimum atomic E-state index is -2.82. The fourth-order valence-corrected chi connectivity index (χ4v) is 1.28. The third-order valence-corrected chi connectivity index (χ3v) is 2.10. The number of ether oxygens (including phenoxy) is 1. The highest BCUT2D eigenvalue weighted by Gasteiger charge is 2.07. The third-order valence-electron chi connectivity index (χ3n) is 2.10. The van der Waals surface area contributed by atoms with Gasteiger partial charge < -0.3 is 10.5 Å². The van der Waals surface area contributed by atoms with Gasteiger partial charge in [0.1, 0.15) is 5.75 Å². The summed E-state index contributed by atoms with van der Waals surface area (Å²) in [7, 11) is 0. The minimum Gasteiger partial charge on any atom is -0.435 e. The normalized spacial score (nSPS) is 12.2. The van der Waals surface area contributed by atoms with Gasteiger partial charge in [0.2, 0.25) is 0 Å². The van der Waals surface area contributed by atoms with E-state index in [2.05, 4.69) is 4.74 Å².